The van der Waals surface area contributed by atoms with E-state index in [0.29, 0.717) is 6.54 Å². The van der Waals surface area contributed by atoms with Gasteiger partial charge in [0.1, 0.15) is 6.04 Å². The van der Waals surface area contributed by atoms with Gasteiger partial charge < -0.3 is 10.6 Å². The van der Waals surface area contributed by atoms with Crippen LogP contribution in [0.15, 0.2) is 76.8 Å². The van der Waals surface area contributed by atoms with Crippen molar-refractivity contribution < 1.29 is 4.79 Å². The molecule has 1 aliphatic rings. The van der Waals surface area contributed by atoms with Gasteiger partial charge in [-0.15, -0.1) is 0 Å². The molecule has 0 aromatic heterocycles. The van der Waals surface area contributed by atoms with E-state index < -0.39 is 0 Å². The first-order valence-corrected chi connectivity index (χ1v) is 8.91. The fourth-order valence-corrected chi connectivity index (χ4v) is 3.22. The molecule has 134 valence electrons. The Hall–Kier alpha value is -2.72. The maximum absolute atomic E-state index is 12.9. The van der Waals surface area contributed by atoms with Crippen molar-refractivity contribution in [1.82, 2.24) is 4.90 Å². The van der Waals surface area contributed by atoms with Crippen molar-refractivity contribution in [3.05, 3.63) is 82.9 Å². The molecule has 0 saturated heterocycles. The number of Topliss-reactive ketones (excluding diaryl/α,β-unsaturated/α-hetero) is 1. The molecule has 26 heavy (non-hydrogen) atoms. The van der Waals surface area contributed by atoms with E-state index in [2.05, 4.69) is 9.89 Å². The van der Waals surface area contributed by atoms with Gasteiger partial charge in [0.15, 0.2) is 5.84 Å². The Morgan fingerprint density at radius 3 is 2.12 bits per heavy atom. The molecule has 0 bridgehead atoms. The molecule has 0 atom stereocenters. The summed E-state index contributed by atoms with van der Waals surface area (Å²) in [6.07, 6.45) is 0.894. The fourth-order valence-electron chi connectivity index (χ4n) is 3.22. The van der Waals surface area contributed by atoms with E-state index in [4.69, 9.17) is 5.73 Å². The molecule has 1 aliphatic heterocycles. The van der Waals surface area contributed by atoms with Crippen molar-refractivity contribution in [1.29, 1.82) is 0 Å². The standard InChI is InChI=1S/C22H25N3O/c1-16-13-14-25(2)15-19(16)21(26)22(23)24-20(17-9-5-3-6-10-17)18-11-7-4-8-12-18/h3-12,20H,13-15H2,1-2H3,(H2,23,24). The lowest BCUT2D eigenvalue weighted by atomic mass is 9.96. The predicted octanol–water partition coefficient (Wildman–Crippen LogP) is 3.35. The minimum atomic E-state index is -0.288. The summed E-state index contributed by atoms with van der Waals surface area (Å²) >= 11 is 0. The summed E-state index contributed by atoms with van der Waals surface area (Å²) in [5, 5.41) is 0. The number of hydrogen-bond acceptors (Lipinski definition) is 3. The highest BCUT2D eigenvalue weighted by Gasteiger charge is 2.23. The number of aliphatic imine (C=N–C) groups is 1. The first-order chi connectivity index (χ1) is 12.6. The molecule has 0 fully saturated rings. The second-order valence-corrected chi connectivity index (χ2v) is 6.81. The number of hydrogen-bond donors (Lipinski definition) is 1. The molecule has 0 aliphatic carbocycles. The second-order valence-electron chi connectivity index (χ2n) is 6.81. The maximum Gasteiger partial charge on any atom is 0.224 e. The monoisotopic (exact) mass is 347 g/mol. The number of likely N-dealkylation sites (N-methyl/N-ethyl adjacent to an activating group) is 1. The van der Waals surface area contributed by atoms with Crippen LogP contribution in [0.2, 0.25) is 0 Å². The van der Waals surface area contributed by atoms with Gasteiger partial charge in [-0.05, 0) is 31.5 Å². The summed E-state index contributed by atoms with van der Waals surface area (Å²) in [4.78, 5) is 19.7. The Labute approximate surface area is 155 Å². The quantitative estimate of drug-likeness (QED) is 0.666. The lowest BCUT2D eigenvalue weighted by Crippen LogP contribution is -2.35. The minimum absolute atomic E-state index is 0.0763. The van der Waals surface area contributed by atoms with Crippen molar-refractivity contribution in [2.24, 2.45) is 10.7 Å². The summed E-state index contributed by atoms with van der Waals surface area (Å²) < 4.78 is 0. The van der Waals surface area contributed by atoms with Gasteiger partial charge in [-0.2, -0.15) is 0 Å². The zero-order valence-electron chi connectivity index (χ0n) is 15.4. The Bertz CT molecular complexity index is 785. The zero-order valence-corrected chi connectivity index (χ0v) is 15.4. The molecule has 0 unspecified atom stereocenters. The Morgan fingerprint density at radius 2 is 1.58 bits per heavy atom. The highest BCUT2D eigenvalue weighted by atomic mass is 16.1. The number of benzene rings is 2. The van der Waals surface area contributed by atoms with Gasteiger partial charge in [0.25, 0.3) is 0 Å². The van der Waals surface area contributed by atoms with E-state index in [1.54, 1.807) is 0 Å². The molecular formula is C22H25N3O. The highest BCUT2D eigenvalue weighted by Crippen LogP contribution is 2.26. The smallest absolute Gasteiger partial charge is 0.224 e. The van der Waals surface area contributed by atoms with Crippen LogP contribution >= 0.6 is 0 Å². The number of carbonyl (C=O) groups is 1. The van der Waals surface area contributed by atoms with Crippen molar-refractivity contribution in [3.8, 4) is 0 Å². The number of nitrogens with zero attached hydrogens (tertiary/aromatic N) is 2. The number of ketones is 1. The van der Waals surface area contributed by atoms with Crippen molar-refractivity contribution in [2.75, 3.05) is 20.1 Å². The normalized spacial score (nSPS) is 16.2. The topological polar surface area (TPSA) is 58.7 Å². The molecule has 0 spiro atoms. The van der Waals surface area contributed by atoms with Crippen LogP contribution in [0.3, 0.4) is 0 Å². The van der Waals surface area contributed by atoms with Gasteiger partial charge in [-0.1, -0.05) is 66.2 Å². The van der Waals surface area contributed by atoms with Gasteiger partial charge in [0, 0.05) is 18.7 Å². The van der Waals surface area contributed by atoms with Crippen LogP contribution in [0.25, 0.3) is 0 Å². The van der Waals surface area contributed by atoms with Crippen LogP contribution in [0.1, 0.15) is 30.5 Å². The SMILES string of the molecule is CC1=C(C(=O)C(N)=NC(c2ccccc2)c2ccccc2)CN(C)CC1. The molecule has 4 nitrogen and oxygen atoms in total. The summed E-state index contributed by atoms with van der Waals surface area (Å²) in [6.45, 7) is 3.61. The number of nitrogens with two attached hydrogens (primary N) is 1. The van der Waals surface area contributed by atoms with E-state index in [1.807, 2.05) is 74.6 Å². The second kappa shape index (κ2) is 8.11. The van der Waals surface area contributed by atoms with Gasteiger partial charge in [0.05, 0.1) is 0 Å². The minimum Gasteiger partial charge on any atom is -0.381 e. The zero-order chi connectivity index (χ0) is 18.5. The van der Waals surface area contributed by atoms with E-state index >= 15 is 0 Å². The third-order valence-electron chi connectivity index (χ3n) is 4.82. The molecule has 2 aromatic rings. The van der Waals surface area contributed by atoms with Crippen molar-refractivity contribution >= 4 is 11.6 Å². The lowest BCUT2D eigenvalue weighted by molar-refractivity contribution is -0.110. The van der Waals surface area contributed by atoms with Crippen LogP contribution in [0, 0.1) is 0 Å². The molecule has 3 rings (SSSR count). The molecule has 2 aromatic carbocycles. The Morgan fingerprint density at radius 1 is 1.04 bits per heavy atom. The Kier molecular flexibility index (Phi) is 5.64. The lowest BCUT2D eigenvalue weighted by Gasteiger charge is -2.25. The summed E-state index contributed by atoms with van der Waals surface area (Å²) in [7, 11) is 2.02. The van der Waals surface area contributed by atoms with E-state index in [1.165, 1.54) is 0 Å². The maximum atomic E-state index is 12.9. The highest BCUT2D eigenvalue weighted by molar-refractivity contribution is 6.44. The van der Waals surface area contributed by atoms with E-state index in [-0.39, 0.29) is 17.7 Å². The fraction of sp³-hybridized carbons (Fsp3) is 0.273. The number of amidine groups is 1. The third kappa shape index (κ3) is 4.09. The molecule has 1 heterocycles. The van der Waals surface area contributed by atoms with Crippen LogP contribution in [0.4, 0.5) is 0 Å². The molecular weight excluding hydrogens is 322 g/mol. The Balaban J connectivity index is 1.96. The molecule has 0 saturated carbocycles. The summed E-state index contributed by atoms with van der Waals surface area (Å²) in [5.41, 5.74) is 10.1. The predicted molar refractivity (Wildman–Crippen MR) is 106 cm³/mol. The molecule has 4 heteroatoms. The van der Waals surface area contributed by atoms with E-state index in [9.17, 15) is 4.79 Å². The first-order valence-electron chi connectivity index (χ1n) is 8.91. The molecule has 2 N–H and O–H groups in total. The summed E-state index contributed by atoms with van der Waals surface area (Å²) in [5.74, 6) is -0.0710. The number of carbonyl (C=O) groups excluding carboxylic acids is 1. The first kappa shape index (κ1) is 18.1. The van der Waals surface area contributed by atoms with Crippen LogP contribution in [0.5, 0.6) is 0 Å². The molecule has 0 radical (unpaired) electrons. The number of rotatable bonds is 5. The van der Waals surface area contributed by atoms with E-state index in [0.717, 1.165) is 35.2 Å². The van der Waals surface area contributed by atoms with Crippen LogP contribution in [-0.4, -0.2) is 36.7 Å². The van der Waals surface area contributed by atoms with Crippen LogP contribution in [-0.2, 0) is 4.79 Å². The average Bonchev–Trinajstić information content (AvgIpc) is 2.68. The van der Waals surface area contributed by atoms with Crippen LogP contribution < -0.4 is 5.73 Å². The summed E-state index contributed by atoms with van der Waals surface area (Å²) in [6, 6.07) is 19.6. The van der Waals surface area contributed by atoms with Gasteiger partial charge in [-0.3, -0.25) is 9.79 Å². The third-order valence-corrected chi connectivity index (χ3v) is 4.82. The average molecular weight is 347 g/mol. The van der Waals surface area contributed by atoms with Crippen molar-refractivity contribution in [3.63, 3.8) is 0 Å². The largest absolute Gasteiger partial charge is 0.381 e. The van der Waals surface area contributed by atoms with Gasteiger partial charge in [-0.25, -0.2) is 0 Å². The van der Waals surface area contributed by atoms with Gasteiger partial charge in [0.2, 0.25) is 5.78 Å². The van der Waals surface area contributed by atoms with Gasteiger partial charge >= 0.3 is 0 Å². The molecule has 0 amide bonds. The van der Waals surface area contributed by atoms with Crippen molar-refractivity contribution in [2.45, 2.75) is 19.4 Å².